The Kier molecular flexibility index (Phi) is 9.39. The quantitative estimate of drug-likeness (QED) is 0.230. The first-order chi connectivity index (χ1) is 18.3. The van der Waals surface area contributed by atoms with Gasteiger partial charge in [0.15, 0.2) is 0 Å². The molecule has 0 atom stereocenters. The second-order valence-electron chi connectivity index (χ2n) is 11.4. The average Bonchev–Trinajstić information content (AvgIpc) is 3.58. The Morgan fingerprint density at radius 1 is 0.658 bits per heavy atom. The highest BCUT2D eigenvalue weighted by molar-refractivity contribution is 7.17. The fourth-order valence-corrected chi connectivity index (χ4v) is 6.27. The van der Waals surface area contributed by atoms with Gasteiger partial charge in [-0.25, -0.2) is 0 Å². The van der Waals surface area contributed by atoms with Crippen LogP contribution in [0.4, 0.5) is 0 Å². The van der Waals surface area contributed by atoms with E-state index in [2.05, 4.69) is 125 Å². The Morgan fingerprint density at radius 2 is 1.32 bits per heavy atom. The highest BCUT2D eigenvalue weighted by atomic mass is 32.1. The third-order valence-electron chi connectivity index (χ3n) is 7.47. The van der Waals surface area contributed by atoms with Crippen molar-refractivity contribution in [3.8, 4) is 0 Å². The Bertz CT molecular complexity index is 1490. The van der Waals surface area contributed by atoms with Crippen LogP contribution in [-0.4, -0.2) is 4.98 Å². The number of thiophene rings is 1. The minimum Gasteiger partial charge on any atom is -0.253 e. The van der Waals surface area contributed by atoms with Crippen LogP contribution in [0.1, 0.15) is 99.2 Å². The SMILES string of the molecule is CC(C)c1cccc2c1CCC2.CC(C)c1cccc2sccc12.Cc1ccc2cccc(C(C)C)c2n1. The van der Waals surface area contributed by atoms with Crippen LogP contribution in [0.3, 0.4) is 0 Å². The van der Waals surface area contributed by atoms with Gasteiger partial charge in [0, 0.05) is 15.8 Å². The molecule has 0 saturated heterocycles. The van der Waals surface area contributed by atoms with E-state index < -0.39 is 0 Å². The molecule has 1 nitrogen and oxygen atoms in total. The minimum absolute atomic E-state index is 0.535. The lowest BCUT2D eigenvalue weighted by atomic mass is 9.95. The van der Waals surface area contributed by atoms with E-state index >= 15 is 0 Å². The van der Waals surface area contributed by atoms with Crippen molar-refractivity contribution in [3.05, 3.63) is 112 Å². The number of aryl methyl sites for hydroxylation is 2. The van der Waals surface area contributed by atoms with Gasteiger partial charge in [0.25, 0.3) is 0 Å². The number of pyridine rings is 1. The smallest absolute Gasteiger partial charge is 0.0739 e. The molecule has 0 spiro atoms. The van der Waals surface area contributed by atoms with Gasteiger partial charge in [-0.15, -0.1) is 11.3 Å². The number of benzene rings is 3. The van der Waals surface area contributed by atoms with Crippen molar-refractivity contribution in [2.45, 2.75) is 85.5 Å². The van der Waals surface area contributed by atoms with Crippen molar-refractivity contribution in [3.63, 3.8) is 0 Å². The normalized spacial score (nSPS) is 12.5. The molecular weight excluding hydrogens is 478 g/mol. The summed E-state index contributed by atoms with van der Waals surface area (Å²) in [6, 6.07) is 26.1. The maximum Gasteiger partial charge on any atom is 0.0739 e. The molecular formula is C36H43NS. The highest BCUT2D eigenvalue weighted by Crippen LogP contribution is 2.30. The zero-order valence-electron chi connectivity index (χ0n) is 24.2. The number of hydrogen-bond acceptors (Lipinski definition) is 2. The monoisotopic (exact) mass is 521 g/mol. The van der Waals surface area contributed by atoms with Crippen LogP contribution in [0.5, 0.6) is 0 Å². The standard InChI is InChI=1S/C13H15N.C12H16.C11H12S/c1-9(2)12-6-4-5-11-8-7-10(3)14-13(11)12;1-9(2)11-7-3-5-10-6-4-8-12(10)11;1-8(2)9-4-3-5-11-10(9)6-7-12-11/h4-9H,1-3H3;3,5,7,9H,4,6,8H2,1-2H3;3-8H,1-2H3. The lowest BCUT2D eigenvalue weighted by Gasteiger charge is -2.10. The number of fused-ring (bicyclic) bond motifs is 3. The molecule has 0 radical (unpaired) electrons. The van der Waals surface area contributed by atoms with Crippen LogP contribution >= 0.6 is 11.3 Å². The molecule has 2 heteroatoms. The lowest BCUT2D eigenvalue weighted by molar-refractivity contribution is 0.838. The number of aromatic nitrogens is 1. The van der Waals surface area contributed by atoms with Gasteiger partial charge in [-0.1, -0.05) is 96.1 Å². The summed E-state index contributed by atoms with van der Waals surface area (Å²) >= 11 is 1.82. The molecule has 2 heterocycles. The molecule has 0 amide bonds. The first-order valence-electron chi connectivity index (χ1n) is 14.2. The molecule has 0 unspecified atom stereocenters. The van der Waals surface area contributed by atoms with Crippen molar-refractivity contribution >= 4 is 32.3 Å². The van der Waals surface area contributed by atoms with Crippen molar-refractivity contribution in [2.75, 3.05) is 0 Å². The second-order valence-corrected chi connectivity index (χ2v) is 12.3. The van der Waals surface area contributed by atoms with Gasteiger partial charge in [-0.2, -0.15) is 0 Å². The fraction of sp³-hybridized carbons (Fsp3) is 0.361. The summed E-state index contributed by atoms with van der Waals surface area (Å²) in [7, 11) is 0. The third kappa shape index (κ3) is 6.53. The molecule has 198 valence electrons. The minimum atomic E-state index is 0.535. The van der Waals surface area contributed by atoms with Crippen molar-refractivity contribution in [1.82, 2.24) is 4.98 Å². The van der Waals surface area contributed by atoms with Gasteiger partial charge >= 0.3 is 0 Å². The van der Waals surface area contributed by atoms with E-state index in [0.717, 1.165) is 11.2 Å². The van der Waals surface area contributed by atoms with Crippen LogP contribution in [0.25, 0.3) is 21.0 Å². The summed E-state index contributed by atoms with van der Waals surface area (Å²) in [6.45, 7) is 15.5. The van der Waals surface area contributed by atoms with Gasteiger partial charge in [0.1, 0.15) is 0 Å². The van der Waals surface area contributed by atoms with E-state index in [4.69, 9.17) is 0 Å². The van der Waals surface area contributed by atoms with Gasteiger partial charge in [0.05, 0.1) is 5.52 Å². The first-order valence-corrected chi connectivity index (χ1v) is 15.1. The molecule has 0 aliphatic heterocycles. The van der Waals surface area contributed by atoms with Crippen molar-refractivity contribution in [2.24, 2.45) is 0 Å². The molecule has 1 aliphatic rings. The average molecular weight is 522 g/mol. The molecule has 38 heavy (non-hydrogen) atoms. The summed E-state index contributed by atoms with van der Waals surface area (Å²) in [5, 5.41) is 4.83. The third-order valence-corrected chi connectivity index (χ3v) is 8.35. The van der Waals surface area contributed by atoms with E-state index in [-0.39, 0.29) is 0 Å². The van der Waals surface area contributed by atoms with Crippen molar-refractivity contribution in [1.29, 1.82) is 0 Å². The molecule has 2 aromatic heterocycles. The molecule has 1 aliphatic carbocycles. The molecule has 5 aromatic rings. The summed E-state index contributed by atoms with van der Waals surface area (Å²) in [5.41, 5.74) is 9.87. The maximum absolute atomic E-state index is 4.60. The van der Waals surface area contributed by atoms with E-state index in [1.54, 1.807) is 16.7 Å². The lowest BCUT2D eigenvalue weighted by Crippen LogP contribution is -1.94. The van der Waals surface area contributed by atoms with E-state index in [1.165, 1.54) is 45.9 Å². The Labute approximate surface area is 234 Å². The summed E-state index contributed by atoms with van der Waals surface area (Å²) < 4.78 is 1.40. The Balaban J connectivity index is 0.000000133. The predicted molar refractivity (Wildman–Crippen MR) is 169 cm³/mol. The van der Waals surface area contributed by atoms with Crippen molar-refractivity contribution < 1.29 is 0 Å². The van der Waals surface area contributed by atoms with Gasteiger partial charge < -0.3 is 0 Å². The van der Waals surface area contributed by atoms with Crippen LogP contribution in [-0.2, 0) is 12.8 Å². The van der Waals surface area contributed by atoms with Gasteiger partial charge in [-0.3, -0.25) is 4.98 Å². The van der Waals surface area contributed by atoms with Gasteiger partial charge in [-0.05, 0) is 101 Å². The summed E-state index contributed by atoms with van der Waals surface area (Å²) in [5.74, 6) is 1.86. The van der Waals surface area contributed by atoms with E-state index in [9.17, 15) is 0 Å². The molecule has 0 saturated carbocycles. The topological polar surface area (TPSA) is 12.9 Å². The zero-order valence-corrected chi connectivity index (χ0v) is 25.0. The largest absolute Gasteiger partial charge is 0.253 e. The number of rotatable bonds is 3. The molecule has 0 bridgehead atoms. The zero-order chi connectivity index (χ0) is 27.2. The van der Waals surface area contributed by atoms with E-state index in [1.807, 2.05) is 18.3 Å². The van der Waals surface area contributed by atoms with E-state index in [0.29, 0.717) is 17.8 Å². The number of para-hydroxylation sites is 1. The van der Waals surface area contributed by atoms with Crippen LogP contribution in [0, 0.1) is 6.92 Å². The number of nitrogens with zero attached hydrogens (tertiary/aromatic N) is 1. The highest BCUT2D eigenvalue weighted by Gasteiger charge is 2.15. The molecule has 3 aromatic carbocycles. The second kappa shape index (κ2) is 12.7. The Hall–Kier alpha value is -2.97. The van der Waals surface area contributed by atoms with Crippen LogP contribution < -0.4 is 0 Å². The van der Waals surface area contributed by atoms with Crippen LogP contribution in [0.2, 0.25) is 0 Å². The molecule has 0 N–H and O–H groups in total. The Morgan fingerprint density at radius 3 is 2.05 bits per heavy atom. The van der Waals surface area contributed by atoms with Gasteiger partial charge in [0.2, 0.25) is 0 Å². The van der Waals surface area contributed by atoms with Crippen LogP contribution in [0.15, 0.2) is 78.2 Å². The number of hydrogen-bond donors (Lipinski definition) is 0. The predicted octanol–water partition coefficient (Wildman–Crippen LogP) is 11.0. The molecule has 0 fully saturated rings. The fourth-order valence-electron chi connectivity index (χ4n) is 5.44. The first kappa shape index (κ1) is 28.0. The molecule has 6 rings (SSSR count). The maximum atomic E-state index is 4.60. The summed E-state index contributed by atoms with van der Waals surface area (Å²) in [4.78, 5) is 4.60. The summed E-state index contributed by atoms with van der Waals surface area (Å²) in [6.07, 6.45) is 3.97.